The first-order chi connectivity index (χ1) is 5.77. The lowest BCUT2D eigenvalue weighted by atomic mass is 10.4. The second kappa shape index (κ2) is 9.29. The van der Waals surface area contributed by atoms with Gasteiger partial charge in [-0.05, 0) is 19.4 Å². The second-order valence-corrected chi connectivity index (χ2v) is 4.59. The van der Waals surface area contributed by atoms with E-state index in [-0.39, 0.29) is 9.76 Å². The van der Waals surface area contributed by atoms with E-state index in [1.54, 1.807) is 0 Å². The molecule has 0 spiro atoms. The summed E-state index contributed by atoms with van der Waals surface area (Å²) >= 11 is 0. The molecule has 12 heavy (non-hydrogen) atoms. The van der Waals surface area contributed by atoms with Crippen LogP contribution in [-0.2, 0) is 13.5 Å². The van der Waals surface area contributed by atoms with E-state index in [1.807, 2.05) is 6.92 Å². The molecule has 1 atom stereocenters. The summed E-state index contributed by atoms with van der Waals surface area (Å²) in [5, 5.41) is 0. The van der Waals surface area contributed by atoms with E-state index in [0.29, 0.717) is 6.61 Å². The number of hydrogen-bond acceptors (Lipinski definition) is 3. The third kappa shape index (κ3) is 10.2. The van der Waals surface area contributed by atoms with Crippen LogP contribution in [0.15, 0.2) is 0 Å². The molecule has 0 saturated carbocycles. The Labute approximate surface area is 76.2 Å². The smallest absolute Gasteiger partial charge is 0.424 e. The normalized spacial score (nSPS) is 12.7. The molecule has 0 aromatic carbocycles. The Balaban J connectivity index is 2.86. The minimum absolute atomic E-state index is 0.327. The minimum atomic E-state index is -2.40. The van der Waals surface area contributed by atoms with Gasteiger partial charge in [0.25, 0.3) is 0 Å². The summed E-state index contributed by atoms with van der Waals surface area (Å²) in [4.78, 5) is 8.26. The highest BCUT2D eigenvalue weighted by Crippen LogP contribution is 2.14. The first-order valence-electron chi connectivity index (χ1n) is 4.14. The molecule has 0 aliphatic carbocycles. The molecule has 1 unspecified atom stereocenters. The van der Waals surface area contributed by atoms with Crippen molar-refractivity contribution in [2.24, 2.45) is 0 Å². The Morgan fingerprint density at radius 3 is 2.83 bits per heavy atom. The topological polar surface area (TPSA) is 55.8 Å². The predicted octanol–water partition coefficient (Wildman–Crippen LogP) is 0.972. The van der Waals surface area contributed by atoms with E-state index < -0.39 is 8.25 Å². The van der Waals surface area contributed by atoms with Gasteiger partial charge in [0.1, 0.15) is 6.61 Å². The Kier molecular flexibility index (Phi) is 9.44. The molecule has 0 aromatic heterocycles. The Hall–Kier alpha value is 0.197. The van der Waals surface area contributed by atoms with Crippen LogP contribution in [0.4, 0.5) is 0 Å². The molecule has 0 bridgehead atoms. The van der Waals surface area contributed by atoms with E-state index in [0.717, 1.165) is 25.5 Å². The van der Waals surface area contributed by atoms with Crippen molar-refractivity contribution in [3.8, 4) is 0 Å². The van der Waals surface area contributed by atoms with E-state index in [1.165, 1.54) is 0 Å². The van der Waals surface area contributed by atoms with Gasteiger partial charge in [-0.2, -0.15) is 0 Å². The summed E-state index contributed by atoms with van der Waals surface area (Å²) in [6.45, 7) is 3.18. The summed E-state index contributed by atoms with van der Waals surface area (Å²) in [6.07, 6.45) is 1.89. The highest BCUT2D eigenvalue weighted by Gasteiger charge is 2.09. The molecule has 0 radical (unpaired) electrons. The van der Waals surface area contributed by atoms with Crippen molar-refractivity contribution in [3.05, 3.63) is 0 Å². The molecule has 0 aromatic rings. The molecule has 0 fully saturated rings. The molecule has 0 rings (SSSR count). The van der Waals surface area contributed by atoms with Crippen LogP contribution in [0.25, 0.3) is 0 Å². The van der Waals surface area contributed by atoms with E-state index >= 15 is 0 Å². The van der Waals surface area contributed by atoms with Gasteiger partial charge in [-0.3, -0.25) is 0 Å². The zero-order chi connectivity index (χ0) is 9.23. The van der Waals surface area contributed by atoms with Gasteiger partial charge in [-0.1, -0.05) is 6.42 Å². The zero-order valence-corrected chi connectivity index (χ0v) is 9.67. The maximum Gasteiger partial charge on any atom is 0.694 e. The molecule has 4 nitrogen and oxygen atoms in total. The zero-order valence-electron chi connectivity index (χ0n) is 7.36. The molecular formula is C6H16O4PSi+. The molecule has 0 aliphatic heterocycles. The lowest BCUT2D eigenvalue weighted by Crippen LogP contribution is -1.97. The number of hydrogen-bond donors (Lipinski definition) is 1. The lowest BCUT2D eigenvalue weighted by Gasteiger charge is -1.97. The molecule has 0 aliphatic rings. The van der Waals surface area contributed by atoms with Crippen LogP contribution in [0.2, 0.25) is 6.04 Å². The Morgan fingerprint density at radius 2 is 2.25 bits per heavy atom. The molecule has 6 heteroatoms. The average Bonchev–Trinajstić information content (AvgIpc) is 2.02. The van der Waals surface area contributed by atoms with Gasteiger partial charge in [0.15, 0.2) is 9.76 Å². The molecule has 0 saturated heterocycles. The van der Waals surface area contributed by atoms with Crippen LogP contribution < -0.4 is 0 Å². The van der Waals surface area contributed by atoms with Gasteiger partial charge in [0.2, 0.25) is 0 Å². The SMILES string of the molecule is CCO[SiH2]CCCCO[P+](=O)O. The monoisotopic (exact) mass is 211 g/mol. The van der Waals surface area contributed by atoms with Crippen LogP contribution in [-0.4, -0.2) is 27.9 Å². The van der Waals surface area contributed by atoms with Crippen molar-refractivity contribution in [3.63, 3.8) is 0 Å². The summed E-state index contributed by atoms with van der Waals surface area (Å²) < 4.78 is 19.8. The molecule has 72 valence electrons. The lowest BCUT2D eigenvalue weighted by molar-refractivity contribution is 0.276. The van der Waals surface area contributed by atoms with Crippen LogP contribution >= 0.6 is 8.25 Å². The van der Waals surface area contributed by atoms with Crippen LogP contribution in [0.1, 0.15) is 19.8 Å². The maximum absolute atomic E-state index is 10.0. The summed E-state index contributed by atoms with van der Waals surface area (Å²) in [5.74, 6) is 0. The number of unbranched alkanes of at least 4 members (excludes halogenated alkanes) is 1. The van der Waals surface area contributed by atoms with Gasteiger partial charge in [-0.15, -0.1) is 9.42 Å². The summed E-state index contributed by atoms with van der Waals surface area (Å²) in [7, 11) is -2.72. The fraction of sp³-hybridized carbons (Fsp3) is 1.00. The van der Waals surface area contributed by atoms with Crippen molar-refractivity contribution in [2.75, 3.05) is 13.2 Å². The second-order valence-electron chi connectivity index (χ2n) is 2.33. The molecule has 0 heterocycles. The Morgan fingerprint density at radius 1 is 1.50 bits per heavy atom. The highest BCUT2D eigenvalue weighted by molar-refractivity contribution is 7.32. The molecule has 0 amide bonds. The maximum atomic E-state index is 10.0. The predicted molar refractivity (Wildman–Crippen MR) is 50.0 cm³/mol. The van der Waals surface area contributed by atoms with Crippen LogP contribution in [0, 0.1) is 0 Å². The first-order valence-corrected chi connectivity index (χ1v) is 6.85. The third-order valence-electron chi connectivity index (χ3n) is 1.34. The fourth-order valence-electron chi connectivity index (χ4n) is 0.770. The van der Waals surface area contributed by atoms with Gasteiger partial charge in [0.05, 0.1) is 0 Å². The Bertz CT molecular complexity index is 122. The van der Waals surface area contributed by atoms with Crippen LogP contribution in [0.5, 0.6) is 0 Å². The standard InChI is InChI=1S/C6H15O4PSi/c1-2-10-12-6-4-3-5-9-11(7)8/h2-6,12H2,1H3/p+1. The summed E-state index contributed by atoms with van der Waals surface area (Å²) in [5.41, 5.74) is 0. The van der Waals surface area contributed by atoms with Gasteiger partial charge >= 0.3 is 8.25 Å². The van der Waals surface area contributed by atoms with Gasteiger partial charge < -0.3 is 4.43 Å². The third-order valence-corrected chi connectivity index (χ3v) is 3.23. The van der Waals surface area contributed by atoms with E-state index in [4.69, 9.17) is 9.32 Å². The van der Waals surface area contributed by atoms with Gasteiger partial charge in [-0.25, -0.2) is 0 Å². The van der Waals surface area contributed by atoms with Gasteiger partial charge in [0, 0.05) is 11.2 Å². The van der Waals surface area contributed by atoms with Crippen molar-refractivity contribution < 1.29 is 18.4 Å². The quantitative estimate of drug-likeness (QED) is 0.369. The molecular weight excluding hydrogens is 195 g/mol. The fourth-order valence-corrected chi connectivity index (χ4v) is 2.11. The minimum Gasteiger partial charge on any atom is -0.424 e. The van der Waals surface area contributed by atoms with Crippen molar-refractivity contribution in [1.29, 1.82) is 0 Å². The van der Waals surface area contributed by atoms with Crippen molar-refractivity contribution in [2.45, 2.75) is 25.8 Å². The highest BCUT2D eigenvalue weighted by atomic mass is 31.1. The van der Waals surface area contributed by atoms with Crippen molar-refractivity contribution >= 4 is 18.0 Å². The number of rotatable bonds is 8. The van der Waals surface area contributed by atoms with Crippen molar-refractivity contribution in [1.82, 2.24) is 0 Å². The van der Waals surface area contributed by atoms with E-state index in [9.17, 15) is 4.57 Å². The first kappa shape index (κ1) is 12.2. The summed E-state index contributed by atoms with van der Waals surface area (Å²) in [6, 6.07) is 1.12. The molecule has 1 N–H and O–H groups in total. The van der Waals surface area contributed by atoms with Crippen LogP contribution in [0.3, 0.4) is 0 Å². The van der Waals surface area contributed by atoms with E-state index in [2.05, 4.69) is 4.52 Å². The average molecular weight is 211 g/mol. The largest absolute Gasteiger partial charge is 0.694 e.